The van der Waals surface area contributed by atoms with Crippen LogP contribution in [0.1, 0.15) is 0 Å². The van der Waals surface area contributed by atoms with Gasteiger partial charge in [-0.2, -0.15) is 0 Å². The quantitative estimate of drug-likeness (QED) is 0.548. The molecule has 0 radical (unpaired) electrons. The molecule has 2 rings (SSSR count). The van der Waals surface area contributed by atoms with E-state index in [1.165, 1.54) is 10.8 Å². The van der Waals surface area contributed by atoms with Crippen LogP contribution in [0.5, 0.6) is 0 Å². The van der Waals surface area contributed by atoms with E-state index in [0.717, 1.165) is 5.44 Å². The van der Waals surface area contributed by atoms with Crippen LogP contribution >= 0.6 is 9.24 Å². The van der Waals surface area contributed by atoms with Gasteiger partial charge in [0.1, 0.15) is 0 Å². The second-order valence-electron chi connectivity index (χ2n) is 2.29. The summed E-state index contributed by atoms with van der Waals surface area (Å²) in [4.78, 5) is 3.14. The topological polar surface area (TPSA) is 15.8 Å². The minimum Gasteiger partial charge on any atom is -0.361 e. The monoisotopic (exact) mass is 149 g/mol. The zero-order valence-corrected chi connectivity index (χ0v) is 6.62. The highest BCUT2D eigenvalue weighted by atomic mass is 31.0. The lowest BCUT2D eigenvalue weighted by Gasteiger charge is -1.86. The Morgan fingerprint density at radius 3 is 2.80 bits per heavy atom. The second-order valence-corrected chi connectivity index (χ2v) is 2.87. The van der Waals surface area contributed by atoms with Crippen LogP contribution in [0.25, 0.3) is 10.8 Å². The number of aromatic nitrogens is 1. The maximum atomic E-state index is 3.14. The summed E-state index contributed by atoms with van der Waals surface area (Å²) in [6.45, 7) is 0. The predicted molar refractivity (Wildman–Crippen MR) is 47.6 cm³/mol. The molecule has 1 atom stereocenters. The minimum atomic E-state index is 1.16. The third kappa shape index (κ3) is 0.748. The summed E-state index contributed by atoms with van der Waals surface area (Å²) in [5.74, 6) is 0. The highest BCUT2D eigenvalue weighted by molar-refractivity contribution is 7.27. The molecule has 0 bridgehead atoms. The SMILES string of the molecule is Pc1[nH]cc2ccccc12. The standard InChI is InChI=1S/C8H8NP/c10-8-7-4-2-1-3-6(7)5-9-8/h1-5,9H,10H2. The molecule has 0 amide bonds. The van der Waals surface area contributed by atoms with Gasteiger partial charge in [0, 0.05) is 17.0 Å². The third-order valence-electron chi connectivity index (χ3n) is 1.63. The summed E-state index contributed by atoms with van der Waals surface area (Å²) in [5.41, 5.74) is 1.16. The summed E-state index contributed by atoms with van der Waals surface area (Å²) in [6, 6.07) is 8.29. The van der Waals surface area contributed by atoms with E-state index in [2.05, 4.69) is 26.4 Å². The number of rotatable bonds is 0. The molecule has 2 aromatic rings. The van der Waals surface area contributed by atoms with Gasteiger partial charge in [0.15, 0.2) is 0 Å². The Bertz CT molecular complexity index is 351. The number of hydrogen-bond acceptors (Lipinski definition) is 0. The second kappa shape index (κ2) is 2.10. The van der Waals surface area contributed by atoms with Crippen LogP contribution in [0.4, 0.5) is 0 Å². The summed E-state index contributed by atoms with van der Waals surface area (Å²) in [7, 11) is 2.67. The lowest BCUT2D eigenvalue weighted by molar-refractivity contribution is 1.49. The first-order valence-corrected chi connectivity index (χ1v) is 3.77. The zero-order chi connectivity index (χ0) is 6.97. The average Bonchev–Trinajstić information content (AvgIpc) is 2.34. The lowest BCUT2D eigenvalue weighted by Crippen LogP contribution is -1.87. The van der Waals surface area contributed by atoms with Gasteiger partial charge < -0.3 is 4.98 Å². The lowest BCUT2D eigenvalue weighted by atomic mass is 10.2. The van der Waals surface area contributed by atoms with E-state index in [1.54, 1.807) is 0 Å². The summed E-state index contributed by atoms with van der Waals surface area (Å²) in [6.07, 6.45) is 2.01. The fraction of sp³-hybridized carbons (Fsp3) is 0. The maximum absolute atomic E-state index is 3.14. The van der Waals surface area contributed by atoms with E-state index in [-0.39, 0.29) is 0 Å². The molecule has 0 saturated heterocycles. The number of benzene rings is 1. The van der Waals surface area contributed by atoms with Gasteiger partial charge in [0.2, 0.25) is 0 Å². The molecule has 2 heteroatoms. The highest BCUT2D eigenvalue weighted by Crippen LogP contribution is 2.11. The van der Waals surface area contributed by atoms with Crippen molar-refractivity contribution in [1.82, 2.24) is 4.98 Å². The van der Waals surface area contributed by atoms with Crippen molar-refractivity contribution in [1.29, 1.82) is 0 Å². The minimum absolute atomic E-state index is 1.16. The van der Waals surface area contributed by atoms with Crippen molar-refractivity contribution in [2.45, 2.75) is 0 Å². The smallest absolute Gasteiger partial charge is 0.0400 e. The van der Waals surface area contributed by atoms with Crippen LogP contribution in [-0.4, -0.2) is 4.98 Å². The molecular weight excluding hydrogens is 141 g/mol. The predicted octanol–water partition coefficient (Wildman–Crippen LogP) is 1.67. The number of nitrogens with one attached hydrogen (secondary N) is 1. The molecule has 1 unspecified atom stereocenters. The van der Waals surface area contributed by atoms with Crippen LogP contribution in [-0.2, 0) is 0 Å². The molecule has 0 spiro atoms. The highest BCUT2D eigenvalue weighted by Gasteiger charge is 1.94. The van der Waals surface area contributed by atoms with Crippen LogP contribution in [0, 0.1) is 0 Å². The van der Waals surface area contributed by atoms with E-state index in [0.29, 0.717) is 0 Å². The van der Waals surface area contributed by atoms with Crippen LogP contribution in [0.2, 0.25) is 0 Å². The van der Waals surface area contributed by atoms with Gasteiger partial charge in [-0.1, -0.05) is 33.5 Å². The molecule has 1 heterocycles. The van der Waals surface area contributed by atoms with Crippen molar-refractivity contribution in [3.05, 3.63) is 30.5 Å². The fourth-order valence-electron chi connectivity index (χ4n) is 1.10. The molecular formula is C8H8NP. The van der Waals surface area contributed by atoms with E-state index < -0.39 is 0 Å². The van der Waals surface area contributed by atoms with Gasteiger partial charge in [-0.05, 0) is 5.39 Å². The summed E-state index contributed by atoms with van der Waals surface area (Å²) >= 11 is 0. The normalized spacial score (nSPS) is 10.5. The fourth-order valence-corrected chi connectivity index (χ4v) is 1.45. The zero-order valence-electron chi connectivity index (χ0n) is 5.46. The molecule has 1 aromatic carbocycles. The van der Waals surface area contributed by atoms with Crippen molar-refractivity contribution in [2.75, 3.05) is 0 Å². The first-order valence-electron chi connectivity index (χ1n) is 3.19. The molecule has 0 saturated carbocycles. The molecule has 10 heavy (non-hydrogen) atoms. The first-order chi connectivity index (χ1) is 4.88. The van der Waals surface area contributed by atoms with Gasteiger partial charge in [0.05, 0.1) is 0 Å². The average molecular weight is 149 g/mol. The van der Waals surface area contributed by atoms with Crippen LogP contribution in [0.3, 0.4) is 0 Å². The first kappa shape index (κ1) is 5.94. The summed E-state index contributed by atoms with van der Waals surface area (Å²) < 4.78 is 0. The Balaban J connectivity index is 2.93. The van der Waals surface area contributed by atoms with Crippen molar-refractivity contribution >= 4 is 25.4 Å². The molecule has 1 nitrogen and oxygen atoms in total. The van der Waals surface area contributed by atoms with Crippen molar-refractivity contribution in [3.63, 3.8) is 0 Å². The maximum Gasteiger partial charge on any atom is 0.0400 e. The van der Waals surface area contributed by atoms with Crippen molar-refractivity contribution in [2.24, 2.45) is 0 Å². The van der Waals surface area contributed by atoms with E-state index in [9.17, 15) is 0 Å². The van der Waals surface area contributed by atoms with E-state index in [4.69, 9.17) is 0 Å². The van der Waals surface area contributed by atoms with E-state index >= 15 is 0 Å². The van der Waals surface area contributed by atoms with Gasteiger partial charge in [-0.25, -0.2) is 0 Å². The Morgan fingerprint density at radius 2 is 2.00 bits per heavy atom. The van der Waals surface area contributed by atoms with E-state index in [1.807, 2.05) is 18.3 Å². The largest absolute Gasteiger partial charge is 0.361 e. The van der Waals surface area contributed by atoms with Gasteiger partial charge in [0.25, 0.3) is 0 Å². The molecule has 0 fully saturated rings. The number of fused-ring (bicyclic) bond motifs is 1. The van der Waals surface area contributed by atoms with Crippen molar-refractivity contribution in [3.8, 4) is 0 Å². The number of hydrogen-bond donors (Lipinski definition) is 1. The molecule has 0 aliphatic rings. The Hall–Kier alpha value is -0.810. The van der Waals surface area contributed by atoms with Crippen molar-refractivity contribution < 1.29 is 0 Å². The summed E-state index contributed by atoms with van der Waals surface area (Å²) in [5, 5.41) is 2.56. The molecule has 1 N–H and O–H groups in total. The molecule has 0 aliphatic carbocycles. The Kier molecular flexibility index (Phi) is 1.25. The molecule has 0 aliphatic heterocycles. The number of H-pyrrole nitrogens is 1. The van der Waals surface area contributed by atoms with Crippen LogP contribution in [0.15, 0.2) is 30.5 Å². The number of aromatic amines is 1. The van der Waals surface area contributed by atoms with Gasteiger partial charge >= 0.3 is 0 Å². The Morgan fingerprint density at radius 1 is 1.20 bits per heavy atom. The van der Waals surface area contributed by atoms with Crippen LogP contribution < -0.4 is 5.44 Å². The van der Waals surface area contributed by atoms with Gasteiger partial charge in [-0.15, -0.1) is 0 Å². The third-order valence-corrected chi connectivity index (χ3v) is 2.11. The Labute approximate surface area is 61.7 Å². The van der Waals surface area contributed by atoms with Gasteiger partial charge in [-0.3, -0.25) is 0 Å². The molecule has 1 aromatic heterocycles. The molecule has 50 valence electrons.